The molecule has 2 saturated heterocycles. The molecule has 30 heavy (non-hydrogen) atoms. The summed E-state index contributed by atoms with van der Waals surface area (Å²) in [5, 5.41) is 3.72. The number of hydrogen-bond donors (Lipinski definition) is 0. The zero-order chi connectivity index (χ0) is 20.8. The van der Waals surface area contributed by atoms with E-state index in [2.05, 4.69) is 0 Å². The van der Waals surface area contributed by atoms with E-state index in [9.17, 15) is 9.59 Å². The number of nitrogens with zero attached hydrogens (tertiary/aromatic N) is 2. The zero-order valence-corrected chi connectivity index (χ0v) is 17.3. The number of fused-ring (bicyclic) bond motifs is 1. The molecular formula is C23H20N2O4S. The van der Waals surface area contributed by atoms with Gasteiger partial charge in [0.1, 0.15) is 17.7 Å². The number of hydroxylamine groups is 1. The van der Waals surface area contributed by atoms with Crippen LogP contribution in [0, 0.1) is 12.8 Å². The Morgan fingerprint density at radius 1 is 1.00 bits per heavy atom. The third-order valence-electron chi connectivity index (χ3n) is 5.61. The Hall–Kier alpha value is -3.16. The first-order valence-electron chi connectivity index (χ1n) is 9.67. The molecule has 1 aromatic heterocycles. The van der Waals surface area contributed by atoms with Crippen molar-refractivity contribution in [1.82, 2.24) is 0 Å². The van der Waals surface area contributed by atoms with E-state index in [1.165, 1.54) is 4.90 Å². The lowest BCUT2D eigenvalue weighted by Crippen LogP contribution is -2.37. The van der Waals surface area contributed by atoms with Crippen molar-refractivity contribution in [2.45, 2.75) is 19.1 Å². The van der Waals surface area contributed by atoms with Crippen LogP contribution in [0.1, 0.15) is 16.5 Å². The molecule has 3 aromatic rings. The summed E-state index contributed by atoms with van der Waals surface area (Å²) in [5.74, 6) is -0.645. The van der Waals surface area contributed by atoms with Crippen molar-refractivity contribution in [3.8, 4) is 5.75 Å². The molecule has 2 aliphatic heterocycles. The van der Waals surface area contributed by atoms with Gasteiger partial charge in [-0.3, -0.25) is 14.4 Å². The van der Waals surface area contributed by atoms with Crippen LogP contribution in [-0.2, 0) is 14.4 Å². The van der Waals surface area contributed by atoms with E-state index in [1.54, 1.807) is 47.8 Å². The van der Waals surface area contributed by atoms with E-state index in [4.69, 9.17) is 9.57 Å². The van der Waals surface area contributed by atoms with Crippen molar-refractivity contribution in [2.24, 2.45) is 5.92 Å². The van der Waals surface area contributed by atoms with Crippen molar-refractivity contribution < 1.29 is 19.2 Å². The van der Waals surface area contributed by atoms with Crippen LogP contribution in [0.3, 0.4) is 0 Å². The van der Waals surface area contributed by atoms with Crippen LogP contribution in [0.5, 0.6) is 5.75 Å². The Kier molecular flexibility index (Phi) is 4.56. The van der Waals surface area contributed by atoms with Crippen LogP contribution >= 0.6 is 11.3 Å². The first-order chi connectivity index (χ1) is 14.6. The van der Waals surface area contributed by atoms with Gasteiger partial charge < -0.3 is 4.74 Å². The van der Waals surface area contributed by atoms with Crippen molar-refractivity contribution >= 4 is 34.5 Å². The normalized spacial score (nSPS) is 23.2. The monoisotopic (exact) mass is 420 g/mol. The highest BCUT2D eigenvalue weighted by atomic mass is 32.1. The van der Waals surface area contributed by atoms with Crippen molar-refractivity contribution in [2.75, 3.05) is 17.1 Å². The maximum absolute atomic E-state index is 13.5. The van der Waals surface area contributed by atoms with Gasteiger partial charge in [-0.25, -0.2) is 9.96 Å². The fourth-order valence-corrected chi connectivity index (χ4v) is 5.04. The second-order valence-corrected chi connectivity index (χ2v) is 8.32. The van der Waals surface area contributed by atoms with Gasteiger partial charge in [0.2, 0.25) is 5.91 Å². The van der Waals surface area contributed by atoms with Crippen LogP contribution < -0.4 is 14.7 Å². The van der Waals surface area contributed by atoms with Gasteiger partial charge >= 0.3 is 0 Å². The van der Waals surface area contributed by atoms with E-state index in [0.717, 1.165) is 16.1 Å². The number of para-hydroxylation sites is 1. The third kappa shape index (κ3) is 2.81. The second kappa shape index (κ2) is 7.27. The summed E-state index contributed by atoms with van der Waals surface area (Å²) in [4.78, 5) is 35.2. The predicted octanol–water partition coefficient (Wildman–Crippen LogP) is 4.12. The van der Waals surface area contributed by atoms with Crippen LogP contribution in [0.15, 0.2) is 66.0 Å². The quantitative estimate of drug-likeness (QED) is 0.595. The first kappa shape index (κ1) is 18.8. The van der Waals surface area contributed by atoms with E-state index in [-0.39, 0.29) is 17.9 Å². The molecule has 3 atom stereocenters. The Labute approximate surface area is 178 Å². The maximum Gasteiger partial charge on any atom is 0.266 e. The van der Waals surface area contributed by atoms with Gasteiger partial charge in [0.15, 0.2) is 6.10 Å². The Morgan fingerprint density at radius 3 is 2.57 bits per heavy atom. The van der Waals surface area contributed by atoms with Gasteiger partial charge in [-0.15, -0.1) is 11.3 Å². The van der Waals surface area contributed by atoms with Crippen LogP contribution in [0.4, 0.5) is 11.4 Å². The average Bonchev–Trinajstić information content (AvgIpc) is 3.46. The molecule has 2 amide bonds. The molecule has 0 saturated carbocycles. The number of carbonyl (C=O) groups excluding carboxylic acids is 2. The molecule has 0 unspecified atom stereocenters. The minimum Gasteiger partial charge on any atom is -0.497 e. The Balaban J connectivity index is 1.57. The highest BCUT2D eigenvalue weighted by Gasteiger charge is 2.60. The minimum absolute atomic E-state index is 0.257. The summed E-state index contributed by atoms with van der Waals surface area (Å²) < 4.78 is 5.26. The second-order valence-electron chi connectivity index (χ2n) is 7.34. The minimum atomic E-state index is -0.865. The molecule has 0 spiro atoms. The molecule has 2 aromatic carbocycles. The van der Waals surface area contributed by atoms with Gasteiger partial charge in [-0.05, 0) is 42.1 Å². The summed E-state index contributed by atoms with van der Waals surface area (Å²) in [6.07, 6.45) is -0.865. The van der Waals surface area contributed by atoms with Gasteiger partial charge in [0.25, 0.3) is 5.91 Å². The average molecular weight is 420 g/mol. The smallest absolute Gasteiger partial charge is 0.266 e. The molecule has 6 nitrogen and oxygen atoms in total. The number of methoxy groups -OCH3 is 1. The molecule has 7 heteroatoms. The van der Waals surface area contributed by atoms with Gasteiger partial charge in [0.05, 0.1) is 18.5 Å². The number of imide groups is 1. The Morgan fingerprint density at radius 2 is 1.83 bits per heavy atom. The number of rotatable bonds is 4. The van der Waals surface area contributed by atoms with E-state index in [1.807, 2.05) is 48.7 Å². The number of benzene rings is 2. The van der Waals surface area contributed by atoms with Crippen LogP contribution in [0.2, 0.25) is 0 Å². The summed E-state index contributed by atoms with van der Waals surface area (Å²) in [7, 11) is 1.55. The van der Waals surface area contributed by atoms with E-state index >= 15 is 0 Å². The largest absolute Gasteiger partial charge is 0.497 e. The SMILES string of the molecule is COc1cccc(N2C(=O)[C@@H]3[C@H](ON(c4ccccc4C)[C@H]3c3cccs3)C2=O)c1. The predicted molar refractivity (Wildman–Crippen MR) is 115 cm³/mol. The van der Waals surface area contributed by atoms with Crippen molar-refractivity contribution in [1.29, 1.82) is 0 Å². The molecule has 152 valence electrons. The summed E-state index contributed by atoms with van der Waals surface area (Å²) in [6.45, 7) is 1.99. The Bertz CT molecular complexity index is 1110. The number of amides is 2. The van der Waals surface area contributed by atoms with E-state index < -0.39 is 12.0 Å². The first-order valence-corrected chi connectivity index (χ1v) is 10.5. The lowest BCUT2D eigenvalue weighted by Gasteiger charge is -2.29. The highest BCUT2D eigenvalue weighted by molar-refractivity contribution is 7.10. The number of ether oxygens (including phenoxy) is 1. The van der Waals surface area contributed by atoms with Gasteiger partial charge in [0, 0.05) is 10.9 Å². The number of aryl methyl sites for hydroxylation is 1. The van der Waals surface area contributed by atoms with Crippen molar-refractivity contribution in [3.63, 3.8) is 0 Å². The summed E-state index contributed by atoms with van der Waals surface area (Å²) >= 11 is 1.56. The molecule has 5 rings (SSSR count). The molecule has 0 N–H and O–H groups in total. The summed E-state index contributed by atoms with van der Waals surface area (Å²) in [6, 6.07) is 18.4. The number of hydrogen-bond acceptors (Lipinski definition) is 6. The summed E-state index contributed by atoms with van der Waals surface area (Å²) in [5.41, 5.74) is 2.37. The number of carbonyl (C=O) groups is 2. The number of anilines is 2. The standard InChI is InChI=1S/C23H20N2O4S/c1-14-7-3-4-10-17(14)25-20(18-11-6-12-30-18)19-21(29-25)23(27)24(22(19)26)15-8-5-9-16(13-15)28-2/h3-13,19-21H,1-2H3/t19-,20-,21-/m0/s1. The van der Waals surface area contributed by atoms with Crippen molar-refractivity contribution in [3.05, 3.63) is 76.5 Å². The van der Waals surface area contributed by atoms with E-state index in [0.29, 0.717) is 11.4 Å². The lowest BCUT2D eigenvalue weighted by molar-refractivity contribution is -0.126. The topological polar surface area (TPSA) is 59.1 Å². The van der Waals surface area contributed by atoms with Crippen LogP contribution in [0.25, 0.3) is 0 Å². The fraction of sp³-hybridized carbons (Fsp3) is 0.217. The molecule has 0 aliphatic carbocycles. The fourth-order valence-electron chi connectivity index (χ4n) is 4.19. The molecule has 2 fully saturated rings. The van der Waals surface area contributed by atoms with Crippen LogP contribution in [-0.4, -0.2) is 25.0 Å². The molecule has 2 aliphatic rings. The number of thiophene rings is 1. The zero-order valence-electron chi connectivity index (χ0n) is 16.5. The third-order valence-corrected chi connectivity index (χ3v) is 6.56. The maximum atomic E-state index is 13.5. The molecule has 0 radical (unpaired) electrons. The van der Waals surface area contributed by atoms with Gasteiger partial charge in [-0.1, -0.05) is 30.3 Å². The highest BCUT2D eigenvalue weighted by Crippen LogP contribution is 2.49. The molecule has 3 heterocycles. The lowest BCUT2D eigenvalue weighted by atomic mass is 9.95. The van der Waals surface area contributed by atoms with Gasteiger partial charge in [-0.2, -0.15) is 0 Å². The molecular weight excluding hydrogens is 400 g/mol. The molecule has 0 bridgehead atoms.